The van der Waals surface area contributed by atoms with Crippen LogP contribution in [0.1, 0.15) is 5.69 Å². The van der Waals surface area contributed by atoms with Gasteiger partial charge in [-0.2, -0.15) is 0 Å². The van der Waals surface area contributed by atoms with Crippen LogP contribution < -0.4 is 11.1 Å². The van der Waals surface area contributed by atoms with Crippen LogP contribution in [0, 0.1) is 9.39 Å². The number of aromatic nitrogens is 2. The van der Waals surface area contributed by atoms with E-state index in [0.29, 0.717) is 21.5 Å². The van der Waals surface area contributed by atoms with Crippen LogP contribution in [-0.4, -0.2) is 9.97 Å². The van der Waals surface area contributed by atoms with Gasteiger partial charge >= 0.3 is 0 Å². The van der Waals surface area contributed by atoms with Crippen LogP contribution in [0.5, 0.6) is 0 Å². The average Bonchev–Trinajstić information content (AvgIpc) is 2.74. The maximum Gasteiger partial charge on any atom is 0.138 e. The second kappa shape index (κ2) is 4.69. The van der Waals surface area contributed by atoms with Gasteiger partial charge in [-0.05, 0) is 28.7 Å². The van der Waals surface area contributed by atoms with Crippen molar-refractivity contribution in [1.29, 1.82) is 0 Å². The lowest BCUT2D eigenvalue weighted by molar-refractivity contribution is 0.621. The Morgan fingerprint density at radius 2 is 2.31 bits per heavy atom. The highest BCUT2D eigenvalue weighted by atomic mass is 127. The fourth-order valence-electron chi connectivity index (χ4n) is 1.29. The van der Waals surface area contributed by atoms with Crippen LogP contribution in [0.15, 0.2) is 24.7 Å². The summed E-state index contributed by atoms with van der Waals surface area (Å²) in [5.41, 5.74) is 7.81. The molecule has 2 rings (SSSR count). The molecule has 2 aromatic rings. The van der Waals surface area contributed by atoms with Crippen molar-refractivity contribution < 1.29 is 4.39 Å². The molecule has 0 radical (unpaired) electrons. The molecule has 0 saturated carbocycles. The molecule has 0 saturated heterocycles. The number of nitrogens with two attached hydrogens (primary N) is 1. The Hall–Kier alpha value is -1.31. The fraction of sp³-hybridized carbons (Fsp3) is 0.100. The van der Waals surface area contributed by atoms with Crippen molar-refractivity contribution in [3.05, 3.63) is 39.7 Å². The molecule has 0 aliphatic carbocycles. The highest BCUT2D eigenvalue weighted by Crippen LogP contribution is 2.24. The highest BCUT2D eigenvalue weighted by molar-refractivity contribution is 14.1. The summed E-state index contributed by atoms with van der Waals surface area (Å²) in [5.74, 6) is -0.276. The third-order valence-corrected chi connectivity index (χ3v) is 2.94. The molecule has 0 spiro atoms. The van der Waals surface area contributed by atoms with Crippen molar-refractivity contribution >= 4 is 34.0 Å². The molecule has 6 heteroatoms. The van der Waals surface area contributed by atoms with E-state index in [1.165, 1.54) is 6.07 Å². The zero-order chi connectivity index (χ0) is 11.5. The van der Waals surface area contributed by atoms with E-state index >= 15 is 0 Å². The summed E-state index contributed by atoms with van der Waals surface area (Å²) in [6.45, 7) is 0.532. The smallest absolute Gasteiger partial charge is 0.138 e. The van der Waals surface area contributed by atoms with E-state index < -0.39 is 0 Å². The Morgan fingerprint density at radius 1 is 1.50 bits per heavy atom. The Labute approximate surface area is 106 Å². The number of rotatable bonds is 3. The predicted molar refractivity (Wildman–Crippen MR) is 69.4 cm³/mol. The molecule has 0 atom stereocenters. The average molecular weight is 332 g/mol. The summed E-state index contributed by atoms with van der Waals surface area (Å²) in [6, 6.07) is 3.00. The molecule has 0 unspecified atom stereocenters. The largest absolute Gasteiger partial charge is 0.397 e. The van der Waals surface area contributed by atoms with E-state index in [1.54, 1.807) is 18.6 Å². The van der Waals surface area contributed by atoms with Crippen molar-refractivity contribution in [2.45, 2.75) is 6.54 Å². The van der Waals surface area contributed by atoms with Gasteiger partial charge in [0, 0.05) is 12.3 Å². The van der Waals surface area contributed by atoms with Crippen LogP contribution in [0.2, 0.25) is 0 Å². The number of aromatic amines is 1. The molecular weight excluding hydrogens is 322 g/mol. The van der Waals surface area contributed by atoms with E-state index in [9.17, 15) is 4.39 Å². The van der Waals surface area contributed by atoms with E-state index in [4.69, 9.17) is 5.73 Å². The number of nitrogens with one attached hydrogen (secondary N) is 2. The first kappa shape index (κ1) is 11.2. The van der Waals surface area contributed by atoms with Crippen molar-refractivity contribution in [3.63, 3.8) is 0 Å². The Balaban J connectivity index is 2.12. The number of H-pyrrole nitrogens is 1. The van der Waals surface area contributed by atoms with Crippen molar-refractivity contribution in [3.8, 4) is 0 Å². The minimum absolute atomic E-state index is 0.276. The number of imidazole rings is 1. The van der Waals surface area contributed by atoms with Gasteiger partial charge in [0.2, 0.25) is 0 Å². The molecule has 4 nitrogen and oxygen atoms in total. The van der Waals surface area contributed by atoms with Gasteiger partial charge in [0.15, 0.2) is 0 Å². The number of nitrogens with zero attached hydrogens (tertiary/aromatic N) is 1. The third kappa shape index (κ3) is 2.43. The van der Waals surface area contributed by atoms with Crippen molar-refractivity contribution in [2.24, 2.45) is 0 Å². The lowest BCUT2D eigenvalue weighted by Gasteiger charge is -2.09. The van der Waals surface area contributed by atoms with Gasteiger partial charge in [0.1, 0.15) is 5.82 Å². The van der Waals surface area contributed by atoms with E-state index in [1.807, 2.05) is 22.6 Å². The lowest BCUT2D eigenvalue weighted by atomic mass is 10.2. The Kier molecular flexibility index (Phi) is 3.28. The van der Waals surface area contributed by atoms with Crippen molar-refractivity contribution in [1.82, 2.24) is 9.97 Å². The summed E-state index contributed by atoms with van der Waals surface area (Å²) in [6.07, 6.45) is 3.29. The Bertz CT molecular complexity index is 484. The fourth-order valence-corrected chi connectivity index (χ4v) is 1.78. The predicted octanol–water partition coefficient (Wildman–Crippen LogP) is 2.35. The number of hydrogen-bond acceptors (Lipinski definition) is 3. The summed E-state index contributed by atoms with van der Waals surface area (Å²) >= 11 is 1.91. The minimum Gasteiger partial charge on any atom is -0.397 e. The van der Waals surface area contributed by atoms with Crippen LogP contribution in [-0.2, 0) is 6.54 Å². The quantitative estimate of drug-likeness (QED) is 0.597. The number of nitrogen functional groups attached to an aromatic ring is 1. The summed E-state index contributed by atoms with van der Waals surface area (Å²) < 4.78 is 13.8. The minimum atomic E-state index is -0.276. The van der Waals surface area contributed by atoms with Crippen LogP contribution in [0.3, 0.4) is 0 Å². The summed E-state index contributed by atoms with van der Waals surface area (Å²) in [5, 5.41) is 3.04. The molecule has 16 heavy (non-hydrogen) atoms. The van der Waals surface area contributed by atoms with E-state index in [0.717, 1.165) is 5.69 Å². The molecule has 1 heterocycles. The van der Waals surface area contributed by atoms with Gasteiger partial charge in [-0.25, -0.2) is 9.37 Å². The van der Waals surface area contributed by atoms with Crippen molar-refractivity contribution in [2.75, 3.05) is 11.1 Å². The molecule has 1 aromatic carbocycles. The molecule has 84 valence electrons. The SMILES string of the molecule is Nc1cc(I)c(F)cc1NCc1cnc[nH]1. The van der Waals surface area contributed by atoms with E-state index in [-0.39, 0.29) is 5.82 Å². The normalized spacial score (nSPS) is 10.4. The molecule has 0 aliphatic rings. The first-order valence-corrected chi connectivity index (χ1v) is 5.70. The summed E-state index contributed by atoms with van der Waals surface area (Å²) in [4.78, 5) is 6.83. The number of hydrogen-bond donors (Lipinski definition) is 3. The number of halogens is 2. The molecule has 0 aliphatic heterocycles. The second-order valence-corrected chi connectivity index (χ2v) is 4.45. The van der Waals surface area contributed by atoms with Gasteiger partial charge < -0.3 is 16.0 Å². The first-order valence-electron chi connectivity index (χ1n) is 4.62. The number of anilines is 2. The van der Waals surface area contributed by atoms with E-state index in [2.05, 4.69) is 15.3 Å². The molecule has 0 bridgehead atoms. The van der Waals surface area contributed by atoms with Gasteiger partial charge in [-0.3, -0.25) is 0 Å². The topological polar surface area (TPSA) is 66.7 Å². The van der Waals surface area contributed by atoms with Gasteiger partial charge in [-0.15, -0.1) is 0 Å². The zero-order valence-corrected chi connectivity index (χ0v) is 10.5. The summed E-state index contributed by atoms with van der Waals surface area (Å²) in [7, 11) is 0. The molecule has 0 amide bonds. The first-order chi connectivity index (χ1) is 7.66. The zero-order valence-electron chi connectivity index (χ0n) is 8.30. The standard InChI is InChI=1S/C10H10FIN4/c11-7-1-10(9(13)2-8(7)12)15-4-6-3-14-5-16-6/h1-3,5,15H,4,13H2,(H,14,16). The molecule has 4 N–H and O–H groups in total. The lowest BCUT2D eigenvalue weighted by Crippen LogP contribution is -2.04. The monoisotopic (exact) mass is 332 g/mol. The molecule has 1 aromatic heterocycles. The molecular formula is C10H10FIN4. The van der Waals surface area contributed by atoms with Crippen LogP contribution in [0.25, 0.3) is 0 Å². The molecule has 0 fully saturated rings. The van der Waals surface area contributed by atoms with Gasteiger partial charge in [-0.1, -0.05) is 0 Å². The van der Waals surface area contributed by atoms with Crippen LogP contribution >= 0.6 is 22.6 Å². The van der Waals surface area contributed by atoms with Crippen LogP contribution in [0.4, 0.5) is 15.8 Å². The maximum absolute atomic E-state index is 13.3. The van der Waals surface area contributed by atoms with Gasteiger partial charge in [0.25, 0.3) is 0 Å². The number of benzene rings is 1. The Morgan fingerprint density at radius 3 is 3.00 bits per heavy atom. The second-order valence-electron chi connectivity index (χ2n) is 3.28. The maximum atomic E-state index is 13.3. The van der Waals surface area contributed by atoms with Gasteiger partial charge in [0.05, 0.1) is 33.5 Å². The highest BCUT2D eigenvalue weighted by Gasteiger charge is 2.05. The third-order valence-electron chi connectivity index (χ3n) is 2.12.